The molecule has 0 bridgehead atoms. The molecule has 5 nitrogen and oxygen atoms in total. The number of nitrogens with zero attached hydrogens (tertiary/aromatic N) is 1. The fourth-order valence-electron chi connectivity index (χ4n) is 5.53. The largest absolute Gasteiger partial charge is 0.507 e. The molecular weight excluding hydrogens is 594 g/mol. The van der Waals surface area contributed by atoms with Crippen molar-refractivity contribution < 1.29 is 42.1 Å². The van der Waals surface area contributed by atoms with E-state index in [4.69, 9.17) is 5.11 Å². The number of aryl methyl sites for hydroxylation is 3. The zero-order valence-corrected chi connectivity index (χ0v) is 32.0. The Bertz CT molecular complexity index is 1270. The van der Waals surface area contributed by atoms with E-state index in [-0.39, 0.29) is 44.1 Å². The second-order valence-corrected chi connectivity index (χ2v) is 15.9. The van der Waals surface area contributed by atoms with Crippen LogP contribution >= 0.6 is 0 Å². The van der Waals surface area contributed by atoms with Gasteiger partial charge in [-0.15, -0.1) is 0 Å². The van der Waals surface area contributed by atoms with E-state index in [0.717, 1.165) is 50.1 Å². The summed E-state index contributed by atoms with van der Waals surface area (Å²) in [6.07, 6.45) is -0.167. The minimum absolute atomic E-state index is 0. The van der Waals surface area contributed by atoms with Crippen LogP contribution in [0.2, 0.25) is 0 Å². The van der Waals surface area contributed by atoms with Crippen LogP contribution in [0.25, 0.3) is 0 Å². The van der Waals surface area contributed by atoms with Crippen molar-refractivity contribution in [2.45, 2.75) is 139 Å². The molecule has 0 heterocycles. The van der Waals surface area contributed by atoms with Crippen molar-refractivity contribution in [2.24, 2.45) is 0 Å². The van der Waals surface area contributed by atoms with Crippen molar-refractivity contribution in [3.8, 4) is 17.2 Å². The Morgan fingerprint density at radius 2 is 0.711 bits per heavy atom. The molecule has 0 amide bonds. The zero-order valence-electron chi connectivity index (χ0n) is 30.4. The number of aliphatic hydroxyl groups is 1. The van der Waals surface area contributed by atoms with E-state index in [9.17, 15) is 15.3 Å². The van der Waals surface area contributed by atoms with Gasteiger partial charge in [0.05, 0.1) is 0 Å². The summed E-state index contributed by atoms with van der Waals surface area (Å²) in [4.78, 5) is 2.21. The molecule has 0 aliphatic carbocycles. The van der Waals surface area contributed by atoms with Crippen LogP contribution in [0.15, 0.2) is 36.4 Å². The Morgan fingerprint density at radius 3 is 0.889 bits per heavy atom. The van der Waals surface area contributed by atoms with Crippen LogP contribution in [0.1, 0.15) is 126 Å². The smallest absolute Gasteiger partial charge is 0.123 e. The number of aliphatic hydroxyl groups excluding tert-OH is 1. The number of rotatable bonds is 6. The first-order valence-corrected chi connectivity index (χ1v) is 15.8. The van der Waals surface area contributed by atoms with Crippen LogP contribution in [0.3, 0.4) is 0 Å². The van der Waals surface area contributed by atoms with Crippen molar-refractivity contribution >= 4 is 0 Å². The van der Waals surface area contributed by atoms with Crippen LogP contribution in [-0.2, 0) is 57.6 Å². The molecule has 4 N–H and O–H groups in total. The van der Waals surface area contributed by atoms with E-state index >= 15 is 0 Å². The normalized spacial score (nSPS) is 12.2. The van der Waals surface area contributed by atoms with Crippen LogP contribution in [0, 0.1) is 20.8 Å². The molecule has 0 spiro atoms. The maximum atomic E-state index is 11.4. The molecule has 0 atom stereocenters. The zero-order chi connectivity index (χ0) is 33.9. The third kappa shape index (κ3) is 11.5. The van der Waals surface area contributed by atoms with Gasteiger partial charge in [-0.25, -0.2) is 0 Å². The summed E-state index contributed by atoms with van der Waals surface area (Å²) in [6.45, 7) is 30.0. The van der Waals surface area contributed by atoms with E-state index in [1.54, 1.807) is 13.8 Å². The van der Waals surface area contributed by atoms with Gasteiger partial charge in [-0.05, 0) is 67.6 Å². The molecule has 0 unspecified atom stereocenters. The van der Waals surface area contributed by atoms with Gasteiger partial charge in [0.15, 0.2) is 0 Å². The van der Waals surface area contributed by atoms with Gasteiger partial charge in [0, 0.05) is 64.1 Å². The molecule has 0 aliphatic heterocycles. The van der Waals surface area contributed by atoms with Gasteiger partial charge in [-0.1, -0.05) is 115 Å². The van der Waals surface area contributed by atoms with Crippen molar-refractivity contribution in [3.63, 3.8) is 0 Å². The summed E-state index contributed by atoms with van der Waals surface area (Å²) >= 11 is 0. The maximum Gasteiger partial charge on any atom is 0.123 e. The number of aromatic hydroxyl groups is 3. The predicted octanol–water partition coefficient (Wildman–Crippen LogP) is 9.21. The molecule has 3 aromatic rings. The van der Waals surface area contributed by atoms with E-state index in [2.05, 4.69) is 106 Å². The monoisotopic (exact) mass is 653 g/mol. The first-order valence-electron chi connectivity index (χ1n) is 15.8. The summed E-state index contributed by atoms with van der Waals surface area (Å²) in [5.41, 5.74) is 7.97. The fraction of sp³-hybridized carbons (Fsp3) is 0.538. The third-order valence-electron chi connectivity index (χ3n) is 7.61. The van der Waals surface area contributed by atoms with Gasteiger partial charge in [-0.2, -0.15) is 0 Å². The van der Waals surface area contributed by atoms with Crippen LogP contribution in [-0.4, -0.2) is 31.4 Å². The van der Waals surface area contributed by atoms with Crippen molar-refractivity contribution in [1.29, 1.82) is 0 Å². The molecule has 3 aromatic carbocycles. The average Bonchev–Trinajstić information content (AvgIpc) is 2.82. The SMILES string of the molecule is CC(C)O.Cc1cc(CN(Cc2cc(C)cc(C(C)(C)C)c2O)Cc2cc(C)cc(C(C)(C)C)c2O)c(O)c(C(C)(C)C)c1.[Ti]. The minimum atomic E-state index is -0.206. The molecular formula is C39H59NO4Ti. The summed E-state index contributed by atoms with van der Waals surface area (Å²) < 4.78 is 0. The van der Waals surface area contributed by atoms with Crippen LogP contribution in [0.5, 0.6) is 17.2 Å². The fourth-order valence-corrected chi connectivity index (χ4v) is 5.53. The second kappa shape index (κ2) is 15.5. The molecule has 0 aromatic heterocycles. The summed E-state index contributed by atoms with van der Waals surface area (Å²) in [5.74, 6) is 0.947. The topological polar surface area (TPSA) is 84.2 Å². The first kappa shape index (κ1) is 40.7. The Kier molecular flexibility index (Phi) is 14.0. The Balaban J connectivity index is 0.00000191. The van der Waals surface area contributed by atoms with Gasteiger partial charge < -0.3 is 20.4 Å². The van der Waals surface area contributed by atoms with Crippen molar-refractivity contribution in [3.05, 3.63) is 86.5 Å². The first-order chi connectivity index (χ1) is 19.9. The summed E-state index contributed by atoms with van der Waals surface area (Å²) in [5, 5.41) is 42.3. The van der Waals surface area contributed by atoms with E-state index in [1.165, 1.54) is 0 Å². The van der Waals surface area contributed by atoms with Crippen molar-refractivity contribution in [2.75, 3.05) is 0 Å². The second-order valence-electron chi connectivity index (χ2n) is 15.9. The average molecular weight is 654 g/mol. The van der Waals surface area contributed by atoms with Crippen LogP contribution < -0.4 is 0 Å². The number of phenolic OH excluding ortho intramolecular Hbond substituents is 3. The standard InChI is InChI=1S/C36H51NO3.C3H8O.Ti/c1-22-13-25(31(38)28(16-22)34(4,5)6)19-37(20-26-14-23(2)17-29(32(26)39)35(7,8)9)21-27-15-24(3)18-30(33(27)40)36(10,11)12;1-3(2)4;/h13-18,38-40H,19-21H2,1-12H3;3-4H,1-2H3;. The third-order valence-corrected chi connectivity index (χ3v) is 7.61. The quantitative estimate of drug-likeness (QED) is 0.200. The van der Waals surface area contributed by atoms with Gasteiger partial charge in [0.25, 0.3) is 0 Å². The Labute approximate surface area is 288 Å². The molecule has 6 heteroatoms. The van der Waals surface area contributed by atoms with Crippen LogP contribution in [0.4, 0.5) is 0 Å². The molecule has 0 aliphatic rings. The van der Waals surface area contributed by atoms with E-state index in [0.29, 0.717) is 36.9 Å². The molecule has 0 saturated heterocycles. The Morgan fingerprint density at radius 1 is 0.511 bits per heavy atom. The van der Waals surface area contributed by atoms with Gasteiger partial charge in [0.2, 0.25) is 0 Å². The molecule has 3 rings (SSSR count). The molecule has 0 saturated carbocycles. The van der Waals surface area contributed by atoms with Crippen molar-refractivity contribution in [1.82, 2.24) is 4.90 Å². The number of phenols is 3. The Hall–Kier alpha value is -2.31. The van der Waals surface area contributed by atoms with E-state index < -0.39 is 0 Å². The molecule has 248 valence electrons. The number of hydrogen-bond donors (Lipinski definition) is 4. The molecule has 45 heavy (non-hydrogen) atoms. The predicted molar refractivity (Wildman–Crippen MR) is 185 cm³/mol. The maximum absolute atomic E-state index is 11.4. The molecule has 0 fully saturated rings. The van der Waals surface area contributed by atoms with Gasteiger partial charge in [0.1, 0.15) is 17.2 Å². The van der Waals surface area contributed by atoms with Gasteiger partial charge in [-0.3, -0.25) is 4.90 Å². The van der Waals surface area contributed by atoms with E-state index in [1.807, 2.05) is 18.2 Å². The minimum Gasteiger partial charge on any atom is -0.507 e. The summed E-state index contributed by atoms with van der Waals surface area (Å²) in [6, 6.07) is 12.3. The van der Waals surface area contributed by atoms with Gasteiger partial charge >= 0.3 is 0 Å². The molecule has 0 radical (unpaired) electrons. The summed E-state index contributed by atoms with van der Waals surface area (Å²) in [7, 11) is 0. The number of hydrogen-bond acceptors (Lipinski definition) is 5. The number of benzene rings is 3.